The van der Waals surface area contributed by atoms with Crippen molar-refractivity contribution in [2.24, 2.45) is 0 Å². The number of hydrogen-bond donors (Lipinski definition) is 2. The molecule has 5 rings (SSSR count). The van der Waals surface area contributed by atoms with E-state index >= 15 is 0 Å². The molecule has 146 valence electrons. The van der Waals surface area contributed by atoms with Gasteiger partial charge in [0.05, 0.1) is 0 Å². The predicted molar refractivity (Wildman–Crippen MR) is 131 cm³/mol. The van der Waals surface area contributed by atoms with E-state index in [2.05, 4.69) is 60.7 Å². The molecule has 0 aromatic heterocycles. The lowest BCUT2D eigenvalue weighted by molar-refractivity contribution is 1.43. The lowest BCUT2D eigenvalue weighted by Crippen LogP contribution is -1.89. The molecule has 4 heteroatoms. The molecular formula is C26H20N2S2. The molecule has 0 amide bonds. The van der Waals surface area contributed by atoms with Crippen LogP contribution in [0.2, 0.25) is 0 Å². The summed E-state index contributed by atoms with van der Waals surface area (Å²) in [4.78, 5) is 4.79. The van der Waals surface area contributed by atoms with E-state index in [9.17, 15) is 0 Å². The third-order valence-corrected chi connectivity index (χ3v) is 7.26. The normalized spacial score (nSPS) is 11.2. The van der Waals surface area contributed by atoms with Crippen LogP contribution in [0.5, 0.6) is 0 Å². The monoisotopic (exact) mass is 424 g/mol. The molecule has 0 aliphatic heterocycles. The van der Waals surface area contributed by atoms with E-state index in [0.717, 1.165) is 21.2 Å². The van der Waals surface area contributed by atoms with Crippen LogP contribution in [-0.2, 0) is 0 Å². The second-order valence-electron chi connectivity index (χ2n) is 7.10. The molecule has 0 atom stereocenters. The quantitative estimate of drug-likeness (QED) is 0.232. The van der Waals surface area contributed by atoms with E-state index in [-0.39, 0.29) is 0 Å². The predicted octanol–water partition coefficient (Wildman–Crippen LogP) is 7.46. The first-order valence-corrected chi connectivity index (χ1v) is 11.3. The van der Waals surface area contributed by atoms with Crippen molar-refractivity contribution in [2.45, 2.75) is 19.6 Å². The topological polar surface area (TPSA) is 52.0 Å². The molecule has 2 nitrogen and oxygen atoms in total. The minimum absolute atomic E-state index is 0.780. The molecule has 0 aliphatic rings. The van der Waals surface area contributed by atoms with E-state index in [1.54, 1.807) is 23.5 Å². The van der Waals surface area contributed by atoms with Gasteiger partial charge in [0.1, 0.15) is 0 Å². The van der Waals surface area contributed by atoms with Gasteiger partial charge in [-0.25, -0.2) is 0 Å². The van der Waals surface area contributed by atoms with E-state index in [0.29, 0.717) is 0 Å². The number of nitrogens with two attached hydrogens (primary N) is 2. The number of nitrogen functional groups attached to an aromatic ring is 2. The molecule has 0 spiro atoms. The van der Waals surface area contributed by atoms with Crippen molar-refractivity contribution in [3.8, 4) is 0 Å². The molecule has 0 unspecified atom stereocenters. The Labute approximate surface area is 184 Å². The van der Waals surface area contributed by atoms with Crippen LogP contribution in [0.25, 0.3) is 21.5 Å². The van der Waals surface area contributed by atoms with Gasteiger partial charge in [-0.1, -0.05) is 84.2 Å². The van der Waals surface area contributed by atoms with Gasteiger partial charge in [0.2, 0.25) is 0 Å². The van der Waals surface area contributed by atoms with Crippen LogP contribution in [0.4, 0.5) is 11.4 Å². The van der Waals surface area contributed by atoms with E-state index < -0.39 is 0 Å². The summed E-state index contributed by atoms with van der Waals surface area (Å²) in [5.41, 5.74) is 13.6. The van der Waals surface area contributed by atoms with Crippen LogP contribution >= 0.6 is 23.5 Å². The zero-order valence-electron chi connectivity index (χ0n) is 16.2. The lowest BCUT2D eigenvalue weighted by atomic mass is 10.0. The number of anilines is 2. The first-order chi connectivity index (χ1) is 14.7. The number of fused-ring (bicyclic) bond motifs is 2. The maximum Gasteiger partial charge on any atom is 0.0325 e. The van der Waals surface area contributed by atoms with Gasteiger partial charge in [0.25, 0.3) is 0 Å². The van der Waals surface area contributed by atoms with Crippen molar-refractivity contribution in [3.63, 3.8) is 0 Å². The fourth-order valence-corrected chi connectivity index (χ4v) is 5.97. The third-order valence-electron chi connectivity index (χ3n) is 4.99. The van der Waals surface area contributed by atoms with Gasteiger partial charge in [0, 0.05) is 31.0 Å². The van der Waals surface area contributed by atoms with Gasteiger partial charge in [-0.2, -0.15) is 0 Å². The zero-order chi connectivity index (χ0) is 20.5. The van der Waals surface area contributed by atoms with Crippen molar-refractivity contribution in [1.82, 2.24) is 0 Å². The van der Waals surface area contributed by atoms with Gasteiger partial charge in [-0.3, -0.25) is 0 Å². The Morgan fingerprint density at radius 3 is 1.13 bits per heavy atom. The van der Waals surface area contributed by atoms with Crippen molar-refractivity contribution in [2.75, 3.05) is 11.5 Å². The molecule has 0 aliphatic carbocycles. The summed E-state index contributed by atoms with van der Waals surface area (Å²) < 4.78 is 0. The smallest absolute Gasteiger partial charge is 0.0325 e. The Kier molecular flexibility index (Phi) is 5.03. The van der Waals surface area contributed by atoms with Crippen LogP contribution < -0.4 is 11.5 Å². The highest BCUT2D eigenvalue weighted by molar-refractivity contribution is 8.00. The maximum atomic E-state index is 6.03. The summed E-state index contributed by atoms with van der Waals surface area (Å²) in [7, 11) is 0. The van der Waals surface area contributed by atoms with Crippen LogP contribution in [-0.4, -0.2) is 0 Å². The van der Waals surface area contributed by atoms with Crippen molar-refractivity contribution < 1.29 is 0 Å². The van der Waals surface area contributed by atoms with E-state index in [1.807, 2.05) is 36.4 Å². The molecule has 0 saturated carbocycles. The minimum Gasteiger partial charge on any atom is -0.399 e. The molecule has 30 heavy (non-hydrogen) atoms. The third kappa shape index (κ3) is 3.60. The van der Waals surface area contributed by atoms with Crippen molar-refractivity contribution >= 4 is 56.4 Å². The molecule has 5 aromatic carbocycles. The first kappa shape index (κ1) is 18.9. The van der Waals surface area contributed by atoms with Gasteiger partial charge in [-0.15, -0.1) is 0 Å². The molecule has 0 radical (unpaired) electrons. The van der Waals surface area contributed by atoms with Crippen molar-refractivity contribution in [1.29, 1.82) is 0 Å². The average Bonchev–Trinajstić information content (AvgIpc) is 2.76. The van der Waals surface area contributed by atoms with Crippen molar-refractivity contribution in [3.05, 3.63) is 97.1 Å². The van der Waals surface area contributed by atoms with Crippen LogP contribution in [0, 0.1) is 0 Å². The fourth-order valence-electron chi connectivity index (χ4n) is 3.66. The highest BCUT2D eigenvalue weighted by Gasteiger charge is 2.15. The summed E-state index contributed by atoms with van der Waals surface area (Å²) in [6.07, 6.45) is 0. The molecule has 0 saturated heterocycles. The number of rotatable bonds is 4. The van der Waals surface area contributed by atoms with E-state index in [4.69, 9.17) is 11.5 Å². The average molecular weight is 425 g/mol. The summed E-state index contributed by atoms with van der Waals surface area (Å²) in [5, 5.41) is 4.98. The molecule has 0 fully saturated rings. The fraction of sp³-hybridized carbons (Fsp3) is 0. The Morgan fingerprint density at radius 1 is 0.433 bits per heavy atom. The highest BCUT2D eigenvalue weighted by Crippen LogP contribution is 2.46. The van der Waals surface area contributed by atoms with Crippen LogP contribution in [0.1, 0.15) is 0 Å². The molecular weight excluding hydrogens is 404 g/mol. The Hall–Kier alpha value is -3.08. The summed E-state index contributed by atoms with van der Waals surface area (Å²) in [6.45, 7) is 0. The van der Waals surface area contributed by atoms with Gasteiger partial charge in [0.15, 0.2) is 0 Å². The lowest BCUT2D eigenvalue weighted by Gasteiger charge is -2.16. The standard InChI is InChI=1S/C26H20N2S2/c27-17-7-5-9-19(15-17)29-25-21-11-1-2-12-22(21)26(24-14-4-3-13-23(24)25)30-20-10-6-8-18(28)16-20/h1-16H,27-28H2. The molecule has 0 heterocycles. The van der Waals surface area contributed by atoms with Crippen LogP contribution in [0.3, 0.4) is 0 Å². The minimum atomic E-state index is 0.780. The summed E-state index contributed by atoms with van der Waals surface area (Å²) >= 11 is 3.54. The van der Waals surface area contributed by atoms with Gasteiger partial charge in [-0.05, 0) is 57.9 Å². The Bertz CT molecular complexity index is 1220. The Balaban J connectivity index is 1.76. The zero-order valence-corrected chi connectivity index (χ0v) is 17.8. The van der Waals surface area contributed by atoms with Gasteiger partial charge < -0.3 is 11.5 Å². The largest absolute Gasteiger partial charge is 0.399 e. The molecule has 5 aromatic rings. The Morgan fingerprint density at radius 2 is 0.800 bits per heavy atom. The molecule has 4 N–H and O–H groups in total. The van der Waals surface area contributed by atoms with E-state index in [1.165, 1.54) is 31.3 Å². The van der Waals surface area contributed by atoms with Gasteiger partial charge >= 0.3 is 0 Å². The molecule has 0 bridgehead atoms. The maximum absolute atomic E-state index is 6.03. The second-order valence-corrected chi connectivity index (χ2v) is 9.27. The van der Waals surface area contributed by atoms with Crippen LogP contribution in [0.15, 0.2) is 117 Å². The number of benzene rings is 5. The summed E-state index contributed by atoms with van der Waals surface area (Å²) in [6, 6.07) is 33.4. The summed E-state index contributed by atoms with van der Waals surface area (Å²) in [5.74, 6) is 0. The first-order valence-electron chi connectivity index (χ1n) is 9.69. The highest BCUT2D eigenvalue weighted by atomic mass is 32.2. The number of hydrogen-bond acceptors (Lipinski definition) is 4. The second kappa shape index (κ2) is 7.98. The SMILES string of the molecule is Nc1cccc(Sc2c3ccccc3c(Sc3cccc(N)c3)c3ccccc23)c1.